The summed E-state index contributed by atoms with van der Waals surface area (Å²) in [6.07, 6.45) is 0.744. The lowest BCUT2D eigenvalue weighted by atomic mass is 10.1. The van der Waals surface area contributed by atoms with Crippen molar-refractivity contribution >= 4 is 17.0 Å². The molecule has 0 saturated carbocycles. The van der Waals surface area contributed by atoms with E-state index in [9.17, 15) is 17.6 Å². The van der Waals surface area contributed by atoms with E-state index in [0.29, 0.717) is 34.7 Å². The van der Waals surface area contributed by atoms with Crippen molar-refractivity contribution in [1.82, 2.24) is 19.6 Å². The van der Waals surface area contributed by atoms with Crippen LogP contribution in [0.15, 0.2) is 55.0 Å². The lowest BCUT2D eigenvalue weighted by Crippen LogP contribution is -2.04. The molecule has 0 saturated heterocycles. The molecular formula is C20H15F4N5. The van der Waals surface area contributed by atoms with E-state index in [4.69, 9.17) is 0 Å². The molecule has 9 heteroatoms. The van der Waals surface area contributed by atoms with Crippen LogP contribution in [0.5, 0.6) is 0 Å². The van der Waals surface area contributed by atoms with E-state index >= 15 is 0 Å². The van der Waals surface area contributed by atoms with Crippen molar-refractivity contribution < 1.29 is 17.6 Å². The lowest BCUT2D eigenvalue weighted by Gasteiger charge is -2.10. The Kier molecular flexibility index (Phi) is 4.65. The third-order valence-electron chi connectivity index (χ3n) is 4.38. The Balaban J connectivity index is 1.70. The first-order valence-corrected chi connectivity index (χ1v) is 8.78. The van der Waals surface area contributed by atoms with Gasteiger partial charge in [0.25, 0.3) is 0 Å². The van der Waals surface area contributed by atoms with Crippen LogP contribution in [0.25, 0.3) is 16.8 Å². The summed E-state index contributed by atoms with van der Waals surface area (Å²) in [5, 5.41) is 7.39. The van der Waals surface area contributed by atoms with E-state index in [1.54, 1.807) is 10.7 Å². The Bertz CT molecular complexity index is 1170. The van der Waals surface area contributed by atoms with E-state index in [0.717, 1.165) is 17.8 Å². The van der Waals surface area contributed by atoms with Gasteiger partial charge in [0.05, 0.1) is 40.4 Å². The number of aromatic nitrogens is 4. The molecule has 0 unspecified atom stereocenters. The molecule has 4 aromatic rings. The highest BCUT2D eigenvalue weighted by Gasteiger charge is 2.29. The number of pyridine rings is 1. The van der Waals surface area contributed by atoms with Crippen molar-refractivity contribution in [1.29, 1.82) is 0 Å². The molecule has 3 heterocycles. The number of benzene rings is 1. The smallest absolute Gasteiger partial charge is 0.339 e. The Hall–Kier alpha value is -3.49. The average molecular weight is 401 g/mol. The molecule has 29 heavy (non-hydrogen) atoms. The number of halogens is 4. The van der Waals surface area contributed by atoms with Gasteiger partial charge in [-0.25, -0.2) is 13.9 Å². The molecule has 1 N–H and O–H groups in total. The van der Waals surface area contributed by atoms with Crippen molar-refractivity contribution in [3.8, 4) is 11.3 Å². The molecule has 0 aliphatic rings. The molecule has 0 amide bonds. The number of hydrogen-bond acceptors (Lipinski definition) is 4. The molecular weight excluding hydrogens is 386 g/mol. The molecule has 0 fully saturated rings. The maximum Gasteiger partial charge on any atom is 0.416 e. The van der Waals surface area contributed by atoms with Crippen LogP contribution in [-0.4, -0.2) is 19.6 Å². The van der Waals surface area contributed by atoms with Crippen LogP contribution in [-0.2, 0) is 12.6 Å². The fraction of sp³-hybridized carbons (Fsp3) is 0.150. The third-order valence-corrected chi connectivity index (χ3v) is 4.38. The molecule has 0 atom stereocenters. The van der Waals surface area contributed by atoms with Crippen LogP contribution in [0.2, 0.25) is 0 Å². The highest BCUT2D eigenvalue weighted by atomic mass is 19.4. The Morgan fingerprint density at radius 1 is 1.07 bits per heavy atom. The molecule has 0 aliphatic carbocycles. The minimum absolute atomic E-state index is 0.347. The lowest BCUT2D eigenvalue weighted by molar-refractivity contribution is -0.137. The van der Waals surface area contributed by atoms with Crippen LogP contribution in [0, 0.1) is 5.82 Å². The number of nitrogens with zero attached hydrogens (tertiary/aromatic N) is 4. The summed E-state index contributed by atoms with van der Waals surface area (Å²) < 4.78 is 53.5. The molecule has 148 valence electrons. The number of aryl methyl sites for hydroxylation is 1. The standard InChI is InChI=1S/C20H15F4N5/c1-2-15-19(17-9-13(21)7-8-29(17)28-15)16-10-25-11-18(27-16)26-14-5-3-12(4-6-14)20(22,23)24/h3-11H,2H2,1H3,(H,26,27). The number of fused-ring (bicyclic) bond motifs is 1. The van der Waals surface area contributed by atoms with Crippen LogP contribution in [0.1, 0.15) is 18.2 Å². The zero-order valence-electron chi connectivity index (χ0n) is 15.2. The van der Waals surface area contributed by atoms with E-state index in [1.807, 2.05) is 6.92 Å². The fourth-order valence-electron chi connectivity index (χ4n) is 3.03. The maximum absolute atomic E-state index is 13.8. The van der Waals surface area contributed by atoms with Gasteiger partial charge in [0.15, 0.2) is 0 Å². The first-order chi connectivity index (χ1) is 13.8. The van der Waals surface area contributed by atoms with Crippen LogP contribution in [0.3, 0.4) is 0 Å². The van der Waals surface area contributed by atoms with Gasteiger partial charge >= 0.3 is 6.18 Å². The maximum atomic E-state index is 13.8. The second-order valence-electron chi connectivity index (χ2n) is 6.34. The summed E-state index contributed by atoms with van der Waals surface area (Å²) in [5.41, 5.74) is 2.14. The molecule has 4 rings (SSSR count). The van der Waals surface area contributed by atoms with Crippen molar-refractivity contribution in [3.63, 3.8) is 0 Å². The summed E-state index contributed by atoms with van der Waals surface area (Å²) in [4.78, 5) is 8.66. The average Bonchev–Trinajstić information content (AvgIpc) is 3.05. The van der Waals surface area contributed by atoms with Gasteiger partial charge < -0.3 is 5.32 Å². The Morgan fingerprint density at radius 3 is 2.52 bits per heavy atom. The van der Waals surface area contributed by atoms with Crippen LogP contribution >= 0.6 is 0 Å². The van der Waals surface area contributed by atoms with Gasteiger partial charge in [-0.1, -0.05) is 6.92 Å². The summed E-state index contributed by atoms with van der Waals surface area (Å²) in [6, 6.07) is 7.31. The molecule has 1 aromatic carbocycles. The zero-order chi connectivity index (χ0) is 20.6. The zero-order valence-corrected chi connectivity index (χ0v) is 15.2. The Morgan fingerprint density at radius 2 is 1.83 bits per heavy atom. The molecule has 3 aromatic heterocycles. The third kappa shape index (κ3) is 3.75. The Labute approximate surface area is 163 Å². The fourth-order valence-corrected chi connectivity index (χ4v) is 3.03. The van der Waals surface area contributed by atoms with Gasteiger partial charge in [-0.2, -0.15) is 18.3 Å². The summed E-state index contributed by atoms with van der Waals surface area (Å²) >= 11 is 0. The summed E-state index contributed by atoms with van der Waals surface area (Å²) in [7, 11) is 0. The van der Waals surface area contributed by atoms with Gasteiger partial charge in [0, 0.05) is 18.0 Å². The van der Waals surface area contributed by atoms with Gasteiger partial charge in [-0.15, -0.1) is 0 Å². The number of alkyl halides is 3. The van der Waals surface area contributed by atoms with E-state index in [1.165, 1.54) is 36.7 Å². The van der Waals surface area contributed by atoms with E-state index in [2.05, 4.69) is 20.4 Å². The monoisotopic (exact) mass is 401 g/mol. The number of rotatable bonds is 4. The summed E-state index contributed by atoms with van der Waals surface area (Å²) in [6.45, 7) is 1.93. The first-order valence-electron chi connectivity index (χ1n) is 8.78. The van der Waals surface area contributed by atoms with Gasteiger partial charge in [0.1, 0.15) is 11.6 Å². The highest BCUT2D eigenvalue weighted by Crippen LogP contribution is 2.31. The second kappa shape index (κ2) is 7.16. The predicted molar refractivity (Wildman–Crippen MR) is 100 cm³/mol. The van der Waals surface area contributed by atoms with Crippen molar-refractivity contribution in [2.24, 2.45) is 0 Å². The minimum Gasteiger partial charge on any atom is -0.339 e. The minimum atomic E-state index is -4.40. The molecule has 0 radical (unpaired) electrons. The van der Waals surface area contributed by atoms with Gasteiger partial charge in [0.2, 0.25) is 0 Å². The van der Waals surface area contributed by atoms with Gasteiger partial charge in [-0.3, -0.25) is 4.98 Å². The summed E-state index contributed by atoms with van der Waals surface area (Å²) in [5.74, 6) is -0.0478. The number of nitrogens with one attached hydrogen (secondary N) is 1. The van der Waals surface area contributed by atoms with Crippen molar-refractivity contribution in [2.75, 3.05) is 5.32 Å². The molecule has 0 bridgehead atoms. The van der Waals surface area contributed by atoms with Gasteiger partial charge in [-0.05, 0) is 36.8 Å². The van der Waals surface area contributed by atoms with E-state index in [-0.39, 0.29) is 0 Å². The largest absolute Gasteiger partial charge is 0.416 e. The number of anilines is 2. The molecule has 0 aliphatic heterocycles. The topological polar surface area (TPSA) is 55.1 Å². The van der Waals surface area contributed by atoms with Crippen LogP contribution in [0.4, 0.5) is 29.1 Å². The predicted octanol–water partition coefficient (Wildman–Crippen LogP) is 5.26. The SMILES string of the molecule is CCc1nn2ccc(F)cc2c1-c1cncc(Nc2ccc(C(F)(F)F)cc2)n1. The second-order valence-corrected chi connectivity index (χ2v) is 6.34. The number of hydrogen-bond donors (Lipinski definition) is 1. The molecule has 0 spiro atoms. The molecule has 5 nitrogen and oxygen atoms in total. The normalized spacial score (nSPS) is 11.8. The van der Waals surface area contributed by atoms with Crippen molar-refractivity contribution in [3.05, 3.63) is 72.1 Å². The van der Waals surface area contributed by atoms with Crippen LogP contribution < -0.4 is 5.32 Å². The highest BCUT2D eigenvalue weighted by molar-refractivity contribution is 5.81. The van der Waals surface area contributed by atoms with Crippen molar-refractivity contribution in [2.45, 2.75) is 19.5 Å². The first kappa shape index (κ1) is 18.9. The quantitative estimate of drug-likeness (QED) is 0.474. The van der Waals surface area contributed by atoms with E-state index < -0.39 is 17.6 Å².